The topological polar surface area (TPSA) is 16.4 Å². The van der Waals surface area contributed by atoms with Gasteiger partial charge in [-0.1, -0.05) is 105 Å². The maximum absolute atomic E-state index is 6.37. The molecule has 50 heavy (non-hydrogen) atoms. The lowest BCUT2D eigenvalue weighted by molar-refractivity contribution is 0.660. The van der Waals surface area contributed by atoms with E-state index in [9.17, 15) is 0 Å². The summed E-state index contributed by atoms with van der Waals surface area (Å²) in [7, 11) is 0. The van der Waals surface area contributed by atoms with Crippen molar-refractivity contribution in [3.8, 4) is 11.1 Å². The Morgan fingerprint density at radius 3 is 2.04 bits per heavy atom. The van der Waals surface area contributed by atoms with E-state index in [1.165, 1.54) is 64.0 Å². The molecule has 0 N–H and O–H groups in total. The van der Waals surface area contributed by atoms with Gasteiger partial charge in [-0.2, -0.15) is 0 Å². The van der Waals surface area contributed by atoms with Crippen LogP contribution in [0.15, 0.2) is 156 Å². The summed E-state index contributed by atoms with van der Waals surface area (Å²) in [4.78, 5) is 2.45. The fourth-order valence-electron chi connectivity index (χ4n) is 8.53. The number of benzene rings is 8. The van der Waals surface area contributed by atoms with Crippen LogP contribution >= 0.6 is 11.3 Å². The minimum absolute atomic E-state index is 0.0966. The van der Waals surface area contributed by atoms with E-state index in [4.69, 9.17) is 4.42 Å². The number of fused-ring (bicyclic) bond motifs is 12. The number of hydrogen-bond donors (Lipinski definition) is 0. The zero-order chi connectivity index (χ0) is 33.1. The highest BCUT2D eigenvalue weighted by molar-refractivity contribution is 7.25. The molecule has 2 aromatic heterocycles. The fourth-order valence-corrected chi connectivity index (χ4v) is 9.67. The van der Waals surface area contributed by atoms with E-state index in [1.807, 2.05) is 17.4 Å². The number of hydrogen-bond acceptors (Lipinski definition) is 3. The molecule has 3 heteroatoms. The summed E-state index contributed by atoms with van der Waals surface area (Å²) < 4.78 is 8.98. The first-order chi connectivity index (χ1) is 24.5. The molecular weight excluding hydrogens is 627 g/mol. The molecule has 0 fully saturated rings. The molecule has 8 aromatic carbocycles. The largest absolute Gasteiger partial charge is 0.456 e. The van der Waals surface area contributed by atoms with Crippen LogP contribution in [0.4, 0.5) is 17.1 Å². The average molecular weight is 658 g/mol. The predicted octanol–water partition coefficient (Wildman–Crippen LogP) is 14.0. The van der Waals surface area contributed by atoms with Crippen LogP contribution in [0.5, 0.6) is 0 Å². The lowest BCUT2D eigenvalue weighted by Crippen LogP contribution is -2.16. The molecule has 236 valence electrons. The van der Waals surface area contributed by atoms with Crippen molar-refractivity contribution in [3.05, 3.63) is 163 Å². The maximum Gasteiger partial charge on any atom is 0.136 e. The minimum atomic E-state index is -0.0966. The Morgan fingerprint density at radius 2 is 1.10 bits per heavy atom. The van der Waals surface area contributed by atoms with Crippen molar-refractivity contribution in [1.82, 2.24) is 0 Å². The van der Waals surface area contributed by atoms with Crippen LogP contribution in [0.1, 0.15) is 25.0 Å². The summed E-state index contributed by atoms with van der Waals surface area (Å²) in [6.07, 6.45) is 0. The molecule has 0 aliphatic heterocycles. The Hall–Kier alpha value is -5.90. The second-order valence-corrected chi connectivity index (χ2v) is 15.2. The van der Waals surface area contributed by atoms with Crippen molar-refractivity contribution >= 4 is 92.1 Å². The molecule has 0 unspecified atom stereocenters. The second-order valence-electron chi connectivity index (χ2n) is 14.2. The van der Waals surface area contributed by atoms with Gasteiger partial charge in [0.1, 0.15) is 11.2 Å². The Balaban J connectivity index is 1.15. The number of thiophene rings is 1. The number of para-hydroxylation sites is 1. The quantitative estimate of drug-likeness (QED) is 0.176. The minimum Gasteiger partial charge on any atom is -0.456 e. The van der Waals surface area contributed by atoms with Crippen LogP contribution in [0, 0.1) is 0 Å². The number of furan rings is 1. The molecule has 2 heterocycles. The molecular formula is C47H31NOS. The molecule has 0 atom stereocenters. The van der Waals surface area contributed by atoms with Crippen LogP contribution in [-0.2, 0) is 5.41 Å². The van der Waals surface area contributed by atoms with Crippen LogP contribution in [-0.4, -0.2) is 0 Å². The predicted molar refractivity (Wildman–Crippen MR) is 214 cm³/mol. The third-order valence-electron chi connectivity index (χ3n) is 11.0. The standard InChI is InChI=1S/C47H31NOS/c1-47(2)41-12-6-3-9-33(41)34-21-19-31(25-42(34)47)48(32-20-22-37-36-11-5-8-14-45(36)50-46(37)26-32)30-18-17-28-15-16-29-23-40-35-10-4-7-13-43(35)49-44(40)27-39(29)38(28)24-30/h3-27H,1-2H3. The summed E-state index contributed by atoms with van der Waals surface area (Å²) in [6.45, 7) is 4.71. The van der Waals surface area contributed by atoms with Crippen LogP contribution in [0.2, 0.25) is 0 Å². The lowest BCUT2D eigenvalue weighted by atomic mass is 9.82. The van der Waals surface area contributed by atoms with Gasteiger partial charge < -0.3 is 9.32 Å². The van der Waals surface area contributed by atoms with Crippen molar-refractivity contribution in [1.29, 1.82) is 0 Å². The van der Waals surface area contributed by atoms with Crippen LogP contribution < -0.4 is 4.90 Å². The third-order valence-corrected chi connectivity index (χ3v) is 12.2. The van der Waals surface area contributed by atoms with E-state index in [0.29, 0.717) is 0 Å². The van der Waals surface area contributed by atoms with Gasteiger partial charge >= 0.3 is 0 Å². The summed E-state index contributed by atoms with van der Waals surface area (Å²) in [5.74, 6) is 0. The SMILES string of the molecule is CC1(C)c2ccccc2-c2ccc(N(c3ccc4c(c3)sc3ccccc34)c3ccc4ccc5cc6c(cc5c4c3)oc3ccccc36)cc21. The van der Waals surface area contributed by atoms with Gasteiger partial charge in [0, 0.05) is 53.4 Å². The van der Waals surface area contributed by atoms with Gasteiger partial charge in [-0.05, 0) is 104 Å². The molecule has 0 amide bonds. The Morgan fingerprint density at radius 1 is 0.440 bits per heavy atom. The molecule has 0 saturated carbocycles. The molecule has 0 saturated heterocycles. The van der Waals surface area contributed by atoms with Gasteiger partial charge in [-0.3, -0.25) is 0 Å². The summed E-state index contributed by atoms with van der Waals surface area (Å²) in [5.41, 5.74) is 10.6. The van der Waals surface area contributed by atoms with E-state index in [0.717, 1.165) is 39.0 Å². The summed E-state index contributed by atoms with van der Waals surface area (Å²) in [5, 5.41) is 9.76. The van der Waals surface area contributed by atoms with Gasteiger partial charge in [0.2, 0.25) is 0 Å². The van der Waals surface area contributed by atoms with Gasteiger partial charge in [0.15, 0.2) is 0 Å². The summed E-state index contributed by atoms with van der Waals surface area (Å²) in [6, 6.07) is 55.9. The number of nitrogens with zero attached hydrogens (tertiary/aromatic N) is 1. The van der Waals surface area contributed by atoms with E-state index < -0.39 is 0 Å². The highest BCUT2D eigenvalue weighted by atomic mass is 32.1. The average Bonchev–Trinajstić information content (AvgIpc) is 3.78. The zero-order valence-electron chi connectivity index (χ0n) is 27.7. The Labute approximate surface area is 293 Å². The smallest absolute Gasteiger partial charge is 0.136 e. The Bertz CT molecular complexity index is 3030. The number of rotatable bonds is 3. The molecule has 1 aliphatic carbocycles. The van der Waals surface area contributed by atoms with Crippen LogP contribution in [0.25, 0.3) is 74.8 Å². The fraction of sp³-hybridized carbons (Fsp3) is 0.0638. The summed E-state index contributed by atoms with van der Waals surface area (Å²) >= 11 is 1.87. The van der Waals surface area contributed by atoms with Crippen molar-refractivity contribution in [2.24, 2.45) is 0 Å². The molecule has 11 rings (SSSR count). The zero-order valence-corrected chi connectivity index (χ0v) is 28.5. The Kier molecular flexibility index (Phi) is 5.64. The van der Waals surface area contributed by atoms with E-state index >= 15 is 0 Å². The van der Waals surface area contributed by atoms with Crippen molar-refractivity contribution in [3.63, 3.8) is 0 Å². The van der Waals surface area contributed by atoms with E-state index in [2.05, 4.69) is 164 Å². The molecule has 1 aliphatic rings. The van der Waals surface area contributed by atoms with Gasteiger partial charge in [-0.15, -0.1) is 11.3 Å². The maximum atomic E-state index is 6.37. The monoisotopic (exact) mass is 657 g/mol. The molecule has 10 aromatic rings. The molecule has 0 bridgehead atoms. The first-order valence-corrected chi connectivity index (χ1v) is 18.1. The normalized spacial score (nSPS) is 13.6. The first-order valence-electron chi connectivity index (χ1n) is 17.2. The highest BCUT2D eigenvalue weighted by Crippen LogP contribution is 2.51. The van der Waals surface area contributed by atoms with Crippen molar-refractivity contribution in [2.75, 3.05) is 4.90 Å². The molecule has 0 spiro atoms. The van der Waals surface area contributed by atoms with Gasteiger partial charge in [0.05, 0.1) is 0 Å². The van der Waals surface area contributed by atoms with E-state index in [1.54, 1.807) is 0 Å². The van der Waals surface area contributed by atoms with E-state index in [-0.39, 0.29) is 5.41 Å². The second kappa shape index (κ2) is 10.1. The van der Waals surface area contributed by atoms with Gasteiger partial charge in [0.25, 0.3) is 0 Å². The van der Waals surface area contributed by atoms with Crippen LogP contribution in [0.3, 0.4) is 0 Å². The third kappa shape index (κ3) is 3.90. The lowest BCUT2D eigenvalue weighted by Gasteiger charge is -2.28. The van der Waals surface area contributed by atoms with Crippen molar-refractivity contribution < 1.29 is 4.42 Å². The van der Waals surface area contributed by atoms with Crippen molar-refractivity contribution in [2.45, 2.75) is 19.3 Å². The number of anilines is 3. The van der Waals surface area contributed by atoms with Gasteiger partial charge in [-0.25, -0.2) is 0 Å². The molecule has 0 radical (unpaired) electrons. The highest BCUT2D eigenvalue weighted by Gasteiger charge is 2.35. The first kappa shape index (κ1) is 28.0. The molecule has 2 nitrogen and oxygen atoms in total.